The minimum atomic E-state index is -0.0521. The first-order valence-corrected chi connectivity index (χ1v) is 10.0. The van der Waals surface area contributed by atoms with Crippen molar-refractivity contribution in [2.24, 2.45) is 0 Å². The number of nitrogens with one attached hydrogen (secondary N) is 1. The maximum absolute atomic E-state index is 12.4. The lowest BCUT2D eigenvalue weighted by Gasteiger charge is -2.08. The molecule has 2 aromatic carbocycles. The third-order valence-electron chi connectivity index (χ3n) is 4.32. The number of rotatable bonds is 7. The van der Waals surface area contributed by atoms with E-state index >= 15 is 0 Å². The molecule has 0 spiro atoms. The quantitative estimate of drug-likeness (QED) is 0.488. The van der Waals surface area contributed by atoms with Crippen molar-refractivity contribution in [2.45, 2.75) is 25.2 Å². The highest BCUT2D eigenvalue weighted by Gasteiger charge is 2.12. The topological polar surface area (TPSA) is 77.6 Å². The predicted molar refractivity (Wildman–Crippen MR) is 110 cm³/mol. The number of benzene rings is 2. The van der Waals surface area contributed by atoms with E-state index in [0.29, 0.717) is 12.3 Å². The lowest BCUT2D eigenvalue weighted by molar-refractivity contribution is -0.113. The summed E-state index contributed by atoms with van der Waals surface area (Å²) in [5.74, 6) is 0.257. The number of carbonyl (C=O) groups excluding carboxylic acids is 1. The number of thioether (sulfide) groups is 1. The van der Waals surface area contributed by atoms with Crippen LogP contribution < -0.4 is 5.32 Å². The van der Waals surface area contributed by atoms with Crippen molar-refractivity contribution in [2.75, 3.05) is 11.1 Å². The van der Waals surface area contributed by atoms with E-state index in [1.165, 1.54) is 18.1 Å². The monoisotopic (exact) mass is 392 g/mol. The van der Waals surface area contributed by atoms with Crippen molar-refractivity contribution in [3.63, 3.8) is 0 Å². The van der Waals surface area contributed by atoms with Crippen molar-refractivity contribution in [3.05, 3.63) is 66.7 Å². The number of aromatic nitrogens is 5. The van der Waals surface area contributed by atoms with Gasteiger partial charge in [0.05, 0.1) is 23.3 Å². The third kappa shape index (κ3) is 4.07. The molecule has 7 nitrogen and oxygen atoms in total. The molecule has 0 bridgehead atoms. The van der Waals surface area contributed by atoms with E-state index in [1.54, 1.807) is 11.0 Å². The third-order valence-corrected chi connectivity index (χ3v) is 5.29. The summed E-state index contributed by atoms with van der Waals surface area (Å²) in [4.78, 5) is 20.9. The van der Waals surface area contributed by atoms with Gasteiger partial charge in [-0.3, -0.25) is 4.79 Å². The van der Waals surface area contributed by atoms with Crippen LogP contribution >= 0.6 is 11.8 Å². The van der Waals surface area contributed by atoms with Gasteiger partial charge in [0.2, 0.25) is 5.91 Å². The number of nitrogens with zero attached hydrogens (tertiary/aromatic N) is 5. The van der Waals surface area contributed by atoms with Gasteiger partial charge < -0.3 is 9.88 Å². The van der Waals surface area contributed by atoms with Crippen LogP contribution in [0.3, 0.4) is 0 Å². The number of fused-ring (bicyclic) bond motifs is 1. The van der Waals surface area contributed by atoms with Gasteiger partial charge in [-0.2, -0.15) is 5.10 Å². The molecule has 4 aromatic rings. The van der Waals surface area contributed by atoms with E-state index in [4.69, 9.17) is 0 Å². The number of para-hydroxylation sites is 2. The molecule has 0 unspecified atom stereocenters. The van der Waals surface area contributed by atoms with Crippen LogP contribution in [0.15, 0.2) is 66.3 Å². The highest BCUT2D eigenvalue weighted by Crippen LogP contribution is 2.24. The van der Waals surface area contributed by atoms with Gasteiger partial charge in [-0.15, -0.1) is 0 Å². The van der Waals surface area contributed by atoms with Gasteiger partial charge in [-0.05, 0) is 36.8 Å². The minimum Gasteiger partial charge on any atom is -0.325 e. The summed E-state index contributed by atoms with van der Waals surface area (Å²) in [6.45, 7) is 3.55. The smallest absolute Gasteiger partial charge is 0.234 e. The minimum absolute atomic E-state index is 0.0521. The number of carbonyl (C=O) groups is 1. The second kappa shape index (κ2) is 8.26. The number of anilines is 1. The predicted octanol–water partition coefficient (Wildman–Crippen LogP) is 3.43. The van der Waals surface area contributed by atoms with Crippen LogP contribution in [0.4, 0.5) is 5.69 Å². The molecule has 0 saturated carbocycles. The van der Waals surface area contributed by atoms with Gasteiger partial charge >= 0.3 is 0 Å². The van der Waals surface area contributed by atoms with E-state index < -0.39 is 0 Å². The second-order valence-electron chi connectivity index (χ2n) is 6.25. The lowest BCUT2D eigenvalue weighted by atomic mass is 10.2. The number of hydrogen-bond donors (Lipinski definition) is 1. The Labute approximate surface area is 166 Å². The average molecular weight is 392 g/mol. The highest BCUT2D eigenvalue weighted by atomic mass is 32.2. The number of hydrogen-bond acceptors (Lipinski definition) is 5. The van der Waals surface area contributed by atoms with Gasteiger partial charge in [0.25, 0.3) is 0 Å². The summed E-state index contributed by atoms with van der Waals surface area (Å²) in [5, 5.41) is 7.89. The summed E-state index contributed by atoms with van der Waals surface area (Å²) in [6.07, 6.45) is 3.19. The fraction of sp³-hybridized carbons (Fsp3) is 0.200. The summed E-state index contributed by atoms with van der Waals surface area (Å²) in [6, 6.07) is 15.8. The average Bonchev–Trinajstić information content (AvgIpc) is 3.35. The Bertz CT molecular complexity index is 1070. The molecule has 2 aromatic heterocycles. The molecule has 1 N–H and O–H groups in total. The largest absolute Gasteiger partial charge is 0.325 e. The van der Waals surface area contributed by atoms with Gasteiger partial charge in [0.1, 0.15) is 12.7 Å². The molecule has 0 atom stereocenters. The first-order chi connectivity index (χ1) is 13.7. The molecule has 2 heterocycles. The molecule has 0 radical (unpaired) electrons. The Balaban J connectivity index is 1.36. The Hall–Kier alpha value is -3.13. The number of aryl methyl sites for hydroxylation is 1. The van der Waals surface area contributed by atoms with Crippen LogP contribution in [0.5, 0.6) is 0 Å². The summed E-state index contributed by atoms with van der Waals surface area (Å²) in [5.41, 5.74) is 3.91. The Morgan fingerprint density at radius 3 is 2.71 bits per heavy atom. The normalized spacial score (nSPS) is 11.0. The maximum atomic E-state index is 12.4. The molecular weight excluding hydrogens is 372 g/mol. The van der Waals surface area contributed by atoms with Crippen molar-refractivity contribution in [1.82, 2.24) is 24.3 Å². The van der Waals surface area contributed by atoms with E-state index in [2.05, 4.69) is 37.9 Å². The Morgan fingerprint density at radius 2 is 1.96 bits per heavy atom. The number of amides is 1. The molecule has 4 rings (SSSR count). The van der Waals surface area contributed by atoms with Crippen molar-refractivity contribution in [1.29, 1.82) is 0 Å². The highest BCUT2D eigenvalue weighted by molar-refractivity contribution is 7.99. The Kier molecular flexibility index (Phi) is 5.38. The Morgan fingerprint density at radius 1 is 1.14 bits per heavy atom. The van der Waals surface area contributed by atoms with Crippen LogP contribution in [0.2, 0.25) is 0 Å². The van der Waals surface area contributed by atoms with Crippen LogP contribution in [-0.4, -0.2) is 36.0 Å². The molecule has 142 valence electrons. The molecule has 8 heteroatoms. The van der Waals surface area contributed by atoms with Gasteiger partial charge in [0, 0.05) is 12.2 Å². The number of imidazole rings is 1. The maximum Gasteiger partial charge on any atom is 0.234 e. The molecule has 0 aliphatic rings. The van der Waals surface area contributed by atoms with E-state index in [0.717, 1.165) is 34.0 Å². The zero-order chi connectivity index (χ0) is 19.3. The molecule has 0 fully saturated rings. The molecule has 0 aliphatic carbocycles. The van der Waals surface area contributed by atoms with Crippen molar-refractivity contribution < 1.29 is 4.79 Å². The van der Waals surface area contributed by atoms with Crippen LogP contribution in [0.25, 0.3) is 11.0 Å². The summed E-state index contributed by atoms with van der Waals surface area (Å²) < 4.78 is 3.89. The summed E-state index contributed by atoms with van der Waals surface area (Å²) in [7, 11) is 0. The van der Waals surface area contributed by atoms with Gasteiger partial charge in [-0.1, -0.05) is 36.0 Å². The summed E-state index contributed by atoms with van der Waals surface area (Å²) >= 11 is 1.45. The van der Waals surface area contributed by atoms with E-state index in [-0.39, 0.29) is 5.91 Å². The van der Waals surface area contributed by atoms with Crippen LogP contribution in [-0.2, 0) is 17.9 Å². The second-order valence-corrected chi connectivity index (χ2v) is 7.20. The zero-order valence-electron chi connectivity index (χ0n) is 15.4. The van der Waals surface area contributed by atoms with Gasteiger partial charge in [0.15, 0.2) is 5.16 Å². The first kappa shape index (κ1) is 18.2. The van der Waals surface area contributed by atoms with Crippen molar-refractivity contribution in [3.8, 4) is 0 Å². The molecule has 0 saturated heterocycles. The van der Waals surface area contributed by atoms with Crippen LogP contribution in [0.1, 0.15) is 12.5 Å². The fourth-order valence-electron chi connectivity index (χ4n) is 2.99. The zero-order valence-corrected chi connectivity index (χ0v) is 16.3. The van der Waals surface area contributed by atoms with E-state index in [9.17, 15) is 4.79 Å². The van der Waals surface area contributed by atoms with E-state index in [1.807, 2.05) is 42.5 Å². The molecular formula is C20H20N6OS. The fourth-order valence-corrected chi connectivity index (χ4v) is 3.87. The van der Waals surface area contributed by atoms with Gasteiger partial charge in [-0.25, -0.2) is 14.6 Å². The molecule has 1 amide bonds. The first-order valence-electron chi connectivity index (χ1n) is 9.02. The molecule has 0 aliphatic heterocycles. The molecule has 28 heavy (non-hydrogen) atoms. The lowest BCUT2D eigenvalue weighted by Crippen LogP contribution is -2.14. The standard InChI is InChI=1S/C20H20N6OS/c1-2-26-18-6-4-3-5-17(18)24-20(26)28-12-19(27)23-16-9-7-15(8-10-16)11-25-14-21-13-22-25/h3-10,13-14H,2,11-12H2,1H3,(H,23,27). The van der Waals surface area contributed by atoms with Crippen molar-refractivity contribution >= 4 is 34.4 Å². The SMILES string of the molecule is CCn1c(SCC(=O)Nc2ccc(Cn3cncn3)cc2)nc2ccccc21. The van der Waals surface area contributed by atoms with Crippen LogP contribution in [0, 0.1) is 0 Å².